The summed E-state index contributed by atoms with van der Waals surface area (Å²) in [6.07, 6.45) is 14.7. The number of nitrogens with two attached hydrogens (primary N) is 1. The fourth-order valence-corrected chi connectivity index (χ4v) is 4.75. The average Bonchev–Trinajstić information content (AvgIpc) is 3.54. The molecule has 2 aromatic heterocycles. The topological polar surface area (TPSA) is 97.0 Å². The molecule has 172 valence electrons. The van der Waals surface area contributed by atoms with Crippen LogP contribution in [0.5, 0.6) is 0 Å². The number of guanidine groups is 1. The molecule has 7 heteroatoms. The predicted octanol–water partition coefficient (Wildman–Crippen LogP) is 5.86. The van der Waals surface area contributed by atoms with Crippen molar-refractivity contribution in [2.45, 2.75) is 83.7 Å². The third-order valence-corrected chi connectivity index (χ3v) is 6.57. The number of hydrogen-bond acceptors (Lipinski definition) is 4. The van der Waals surface area contributed by atoms with Crippen LogP contribution in [0.4, 0.5) is 0 Å². The van der Waals surface area contributed by atoms with E-state index < -0.39 is 0 Å². The highest BCUT2D eigenvalue weighted by Gasteiger charge is 2.31. The van der Waals surface area contributed by atoms with Crippen molar-refractivity contribution in [2.24, 2.45) is 5.73 Å². The molecule has 1 saturated heterocycles. The minimum atomic E-state index is -0.0924. The number of aromatic nitrogens is 3. The lowest BCUT2D eigenvalue weighted by Crippen LogP contribution is -2.35. The summed E-state index contributed by atoms with van der Waals surface area (Å²) in [6.45, 7) is 4.09. The van der Waals surface area contributed by atoms with Gasteiger partial charge in [-0.1, -0.05) is 57.0 Å². The van der Waals surface area contributed by atoms with Gasteiger partial charge in [-0.15, -0.1) is 0 Å². The molecule has 0 amide bonds. The molecule has 0 spiro atoms. The maximum Gasteiger partial charge on any atom is 0.249 e. The van der Waals surface area contributed by atoms with Crippen molar-refractivity contribution in [2.75, 3.05) is 6.54 Å². The largest absolute Gasteiger partial charge is 0.370 e. The fourth-order valence-electron chi connectivity index (χ4n) is 4.75. The lowest BCUT2D eigenvalue weighted by Gasteiger charge is -2.21. The fraction of sp³-hybridized carbons (Fsp3) is 0.560. The molecule has 1 aliphatic heterocycles. The Balaban J connectivity index is 1.35. The average molecular weight is 437 g/mol. The minimum Gasteiger partial charge on any atom is -0.370 e. The number of benzene rings is 1. The first-order valence-corrected chi connectivity index (χ1v) is 12.2. The van der Waals surface area contributed by atoms with Crippen LogP contribution in [0.15, 0.2) is 35.0 Å². The SMILES string of the molecule is CCCCCCCCCCn1ccc2cc(-c3noc([C@@H]4CCCN4C(=N)N)n3)ccc21. The highest BCUT2D eigenvalue weighted by atomic mass is 16.5. The summed E-state index contributed by atoms with van der Waals surface area (Å²) in [5.41, 5.74) is 7.90. The molecular formula is C25H36N6O. The van der Waals surface area contributed by atoms with E-state index >= 15 is 0 Å². The molecule has 3 N–H and O–H groups in total. The zero-order chi connectivity index (χ0) is 22.3. The highest BCUT2D eigenvalue weighted by molar-refractivity contribution is 5.84. The molecule has 1 aromatic carbocycles. The van der Waals surface area contributed by atoms with Crippen LogP contribution in [0.3, 0.4) is 0 Å². The van der Waals surface area contributed by atoms with Gasteiger partial charge in [0, 0.05) is 35.8 Å². The van der Waals surface area contributed by atoms with E-state index in [0.717, 1.165) is 31.5 Å². The quantitative estimate of drug-likeness (QED) is 0.223. The molecule has 1 fully saturated rings. The third-order valence-electron chi connectivity index (χ3n) is 6.57. The molecule has 0 bridgehead atoms. The summed E-state index contributed by atoms with van der Waals surface area (Å²) >= 11 is 0. The molecule has 0 unspecified atom stereocenters. The molecule has 1 atom stereocenters. The van der Waals surface area contributed by atoms with E-state index in [-0.39, 0.29) is 12.0 Å². The van der Waals surface area contributed by atoms with Crippen LogP contribution in [-0.2, 0) is 6.54 Å². The molecule has 0 aliphatic carbocycles. The summed E-state index contributed by atoms with van der Waals surface area (Å²) in [5.74, 6) is 1.19. The second-order valence-electron chi connectivity index (χ2n) is 8.95. The third kappa shape index (κ3) is 5.14. The molecule has 0 saturated carbocycles. The standard InChI is InChI=1S/C25H36N6O/c1-2-3-4-5-6-7-8-9-15-30-17-14-19-18-20(12-13-21(19)30)23-28-24(32-29-23)22-11-10-16-31(22)25(26)27/h12-14,17-18,22H,2-11,15-16H2,1H3,(H3,26,27)/t22-/m0/s1. The van der Waals surface area contributed by atoms with E-state index in [1.54, 1.807) is 0 Å². The molecule has 3 heterocycles. The van der Waals surface area contributed by atoms with Gasteiger partial charge in [0.2, 0.25) is 11.7 Å². The smallest absolute Gasteiger partial charge is 0.249 e. The summed E-state index contributed by atoms with van der Waals surface area (Å²) in [4.78, 5) is 6.45. The van der Waals surface area contributed by atoms with Gasteiger partial charge in [0.25, 0.3) is 0 Å². The molecule has 3 aromatic rings. The second-order valence-corrected chi connectivity index (χ2v) is 8.95. The molecule has 7 nitrogen and oxygen atoms in total. The Labute approximate surface area is 190 Å². The van der Waals surface area contributed by atoms with Crippen LogP contribution in [-0.4, -0.2) is 32.1 Å². The number of hydrogen-bond donors (Lipinski definition) is 2. The minimum absolute atomic E-state index is 0.0616. The van der Waals surface area contributed by atoms with E-state index in [2.05, 4.69) is 52.1 Å². The van der Waals surface area contributed by atoms with E-state index in [9.17, 15) is 0 Å². The molecule has 1 aliphatic rings. The summed E-state index contributed by atoms with van der Waals surface area (Å²) < 4.78 is 7.90. The Morgan fingerprint density at radius 1 is 1.12 bits per heavy atom. The monoisotopic (exact) mass is 436 g/mol. The van der Waals surface area contributed by atoms with Gasteiger partial charge < -0.3 is 19.7 Å². The lowest BCUT2D eigenvalue weighted by molar-refractivity contribution is 0.283. The maximum atomic E-state index is 7.75. The first-order chi connectivity index (χ1) is 15.7. The Morgan fingerprint density at radius 2 is 1.91 bits per heavy atom. The predicted molar refractivity (Wildman–Crippen MR) is 128 cm³/mol. The number of nitrogens with zero attached hydrogens (tertiary/aromatic N) is 4. The summed E-state index contributed by atoms with van der Waals surface area (Å²) in [5, 5.41) is 13.2. The van der Waals surface area contributed by atoms with Crippen molar-refractivity contribution in [1.29, 1.82) is 5.41 Å². The Kier molecular flexibility index (Phi) is 7.45. The van der Waals surface area contributed by atoms with Gasteiger partial charge in [0.15, 0.2) is 5.96 Å². The van der Waals surface area contributed by atoms with E-state index in [1.165, 1.54) is 62.3 Å². The van der Waals surface area contributed by atoms with Crippen LogP contribution in [0.25, 0.3) is 22.3 Å². The van der Waals surface area contributed by atoms with Crippen LogP contribution >= 0.6 is 0 Å². The van der Waals surface area contributed by atoms with Crippen LogP contribution in [0, 0.1) is 5.41 Å². The van der Waals surface area contributed by atoms with Crippen molar-refractivity contribution in [3.63, 3.8) is 0 Å². The van der Waals surface area contributed by atoms with Gasteiger partial charge in [-0.3, -0.25) is 5.41 Å². The van der Waals surface area contributed by atoms with Gasteiger partial charge in [-0.2, -0.15) is 4.98 Å². The molecular weight excluding hydrogens is 400 g/mol. The van der Waals surface area contributed by atoms with Gasteiger partial charge in [0.05, 0.1) is 0 Å². The molecule has 32 heavy (non-hydrogen) atoms. The van der Waals surface area contributed by atoms with Crippen molar-refractivity contribution in [3.05, 3.63) is 36.4 Å². The van der Waals surface area contributed by atoms with Crippen LogP contribution in [0.1, 0.15) is 83.1 Å². The summed E-state index contributed by atoms with van der Waals surface area (Å²) in [6, 6.07) is 8.43. The van der Waals surface area contributed by atoms with Gasteiger partial charge in [0.1, 0.15) is 6.04 Å². The molecule has 4 rings (SSSR count). The number of aryl methyl sites for hydroxylation is 1. The van der Waals surface area contributed by atoms with Gasteiger partial charge in [-0.25, -0.2) is 0 Å². The number of unbranched alkanes of at least 4 members (excludes halogenated alkanes) is 7. The number of nitrogens with one attached hydrogen (secondary N) is 1. The van der Waals surface area contributed by atoms with E-state index in [1.807, 2.05) is 4.90 Å². The zero-order valence-electron chi connectivity index (χ0n) is 19.2. The van der Waals surface area contributed by atoms with Crippen molar-refractivity contribution in [3.8, 4) is 11.4 Å². The second kappa shape index (κ2) is 10.7. The van der Waals surface area contributed by atoms with Crippen LogP contribution < -0.4 is 5.73 Å². The van der Waals surface area contributed by atoms with Crippen molar-refractivity contribution in [1.82, 2.24) is 19.6 Å². The maximum absolute atomic E-state index is 7.75. The van der Waals surface area contributed by atoms with Gasteiger partial charge in [-0.05, 0) is 43.5 Å². The first kappa shape index (κ1) is 22.4. The Morgan fingerprint density at radius 3 is 2.69 bits per heavy atom. The van der Waals surface area contributed by atoms with Crippen molar-refractivity contribution < 1.29 is 4.52 Å². The Hall–Kier alpha value is -2.83. The number of likely N-dealkylation sites (tertiary alicyclic amines) is 1. The van der Waals surface area contributed by atoms with E-state index in [4.69, 9.17) is 15.7 Å². The number of fused-ring (bicyclic) bond motifs is 1. The zero-order valence-corrected chi connectivity index (χ0v) is 19.2. The number of rotatable bonds is 11. The normalized spacial score (nSPS) is 16.3. The van der Waals surface area contributed by atoms with Crippen LogP contribution in [0.2, 0.25) is 0 Å². The van der Waals surface area contributed by atoms with Gasteiger partial charge >= 0.3 is 0 Å². The molecule has 0 radical (unpaired) electrons. The van der Waals surface area contributed by atoms with Crippen molar-refractivity contribution >= 4 is 16.9 Å². The summed E-state index contributed by atoms with van der Waals surface area (Å²) in [7, 11) is 0. The Bertz CT molecular complexity index is 1020. The highest BCUT2D eigenvalue weighted by Crippen LogP contribution is 2.32. The van der Waals surface area contributed by atoms with E-state index in [0.29, 0.717) is 11.7 Å². The lowest BCUT2D eigenvalue weighted by atomic mass is 10.1. The first-order valence-electron chi connectivity index (χ1n) is 12.2.